The Morgan fingerprint density at radius 1 is 1.71 bits per heavy atom. The largest absolute Gasteiger partial charge is 0.445 e. The standard InChI is InChI=1S/C9H17NO4/c1-4-5-14-9(12)10(2)6-8(11)7-13-3/h4,8,11H,1,5-7H2,2-3H3. The van der Waals surface area contributed by atoms with Gasteiger partial charge in [-0.25, -0.2) is 4.79 Å². The lowest BCUT2D eigenvalue weighted by Gasteiger charge is -2.19. The predicted octanol–water partition coefficient (Wildman–Crippen LogP) is 0.248. The molecule has 0 rings (SSSR count). The first kappa shape index (κ1) is 12.9. The van der Waals surface area contributed by atoms with Crippen molar-refractivity contribution in [3.05, 3.63) is 12.7 Å². The second-order valence-corrected chi connectivity index (χ2v) is 2.86. The van der Waals surface area contributed by atoms with Crippen LogP contribution in [-0.4, -0.2) is 56.1 Å². The number of hydrogen-bond donors (Lipinski definition) is 1. The highest BCUT2D eigenvalue weighted by molar-refractivity contribution is 5.67. The van der Waals surface area contributed by atoms with Gasteiger partial charge in [-0.2, -0.15) is 0 Å². The first-order valence-electron chi connectivity index (χ1n) is 4.27. The van der Waals surface area contributed by atoms with E-state index in [4.69, 9.17) is 9.47 Å². The van der Waals surface area contributed by atoms with E-state index in [9.17, 15) is 9.90 Å². The molecule has 0 aliphatic carbocycles. The summed E-state index contributed by atoms with van der Waals surface area (Å²) < 4.78 is 9.47. The fourth-order valence-electron chi connectivity index (χ4n) is 0.876. The van der Waals surface area contributed by atoms with Crippen LogP contribution in [-0.2, 0) is 9.47 Å². The molecule has 0 aromatic heterocycles. The van der Waals surface area contributed by atoms with Crippen LogP contribution in [0.5, 0.6) is 0 Å². The molecule has 0 saturated carbocycles. The van der Waals surface area contributed by atoms with Crippen LogP contribution < -0.4 is 0 Å². The van der Waals surface area contributed by atoms with E-state index in [1.165, 1.54) is 18.1 Å². The van der Waals surface area contributed by atoms with Crippen molar-refractivity contribution >= 4 is 6.09 Å². The molecule has 0 fully saturated rings. The number of amides is 1. The zero-order chi connectivity index (χ0) is 11.0. The smallest absolute Gasteiger partial charge is 0.409 e. The maximum Gasteiger partial charge on any atom is 0.409 e. The number of methoxy groups -OCH3 is 1. The average molecular weight is 203 g/mol. The third-order valence-electron chi connectivity index (χ3n) is 1.48. The highest BCUT2D eigenvalue weighted by Gasteiger charge is 2.13. The van der Waals surface area contributed by atoms with Crippen molar-refractivity contribution in [3.63, 3.8) is 0 Å². The molecule has 0 bridgehead atoms. The lowest BCUT2D eigenvalue weighted by atomic mass is 10.3. The fraction of sp³-hybridized carbons (Fsp3) is 0.667. The van der Waals surface area contributed by atoms with Crippen molar-refractivity contribution in [2.24, 2.45) is 0 Å². The highest BCUT2D eigenvalue weighted by atomic mass is 16.6. The van der Waals surface area contributed by atoms with Gasteiger partial charge in [0.2, 0.25) is 0 Å². The van der Waals surface area contributed by atoms with Crippen LogP contribution in [0.1, 0.15) is 0 Å². The zero-order valence-corrected chi connectivity index (χ0v) is 8.60. The van der Waals surface area contributed by atoms with Crippen molar-refractivity contribution in [2.45, 2.75) is 6.10 Å². The minimum atomic E-state index is -0.693. The maximum atomic E-state index is 11.1. The summed E-state index contributed by atoms with van der Waals surface area (Å²) in [6.07, 6.45) is 0.304. The van der Waals surface area contributed by atoms with E-state index in [0.29, 0.717) is 0 Å². The van der Waals surface area contributed by atoms with Crippen LogP contribution >= 0.6 is 0 Å². The number of carbonyl (C=O) groups excluding carboxylic acids is 1. The Bertz CT molecular complexity index is 184. The van der Waals surface area contributed by atoms with Gasteiger partial charge in [-0.3, -0.25) is 0 Å². The predicted molar refractivity (Wildman–Crippen MR) is 52.1 cm³/mol. The van der Waals surface area contributed by atoms with Gasteiger partial charge in [0.25, 0.3) is 0 Å². The molecule has 82 valence electrons. The third kappa shape index (κ3) is 5.55. The van der Waals surface area contributed by atoms with Gasteiger partial charge in [-0.15, -0.1) is 0 Å². The summed E-state index contributed by atoms with van der Waals surface area (Å²) in [6.45, 7) is 3.97. The summed E-state index contributed by atoms with van der Waals surface area (Å²) in [6, 6.07) is 0. The topological polar surface area (TPSA) is 59.0 Å². The molecule has 14 heavy (non-hydrogen) atoms. The van der Waals surface area contributed by atoms with Gasteiger partial charge in [-0.05, 0) is 0 Å². The summed E-state index contributed by atoms with van der Waals surface area (Å²) in [7, 11) is 3.03. The quantitative estimate of drug-likeness (QED) is 0.628. The Morgan fingerprint density at radius 2 is 2.36 bits per heavy atom. The molecule has 5 heteroatoms. The molecule has 1 N–H and O–H groups in total. The molecule has 0 radical (unpaired) electrons. The number of nitrogens with zero attached hydrogens (tertiary/aromatic N) is 1. The van der Waals surface area contributed by atoms with Crippen molar-refractivity contribution < 1.29 is 19.4 Å². The Morgan fingerprint density at radius 3 is 2.86 bits per heavy atom. The minimum absolute atomic E-state index is 0.170. The van der Waals surface area contributed by atoms with E-state index in [1.54, 1.807) is 7.05 Å². The molecule has 0 spiro atoms. The van der Waals surface area contributed by atoms with E-state index in [-0.39, 0.29) is 19.8 Å². The van der Waals surface area contributed by atoms with Crippen LogP contribution in [0.2, 0.25) is 0 Å². The molecule has 0 aliphatic heterocycles. The van der Waals surface area contributed by atoms with Gasteiger partial charge < -0.3 is 19.5 Å². The highest BCUT2D eigenvalue weighted by Crippen LogP contribution is 1.94. The van der Waals surface area contributed by atoms with Gasteiger partial charge in [0.05, 0.1) is 19.3 Å². The molecule has 0 aromatic carbocycles. The number of likely N-dealkylation sites (N-methyl/N-ethyl adjacent to an activating group) is 1. The van der Waals surface area contributed by atoms with E-state index >= 15 is 0 Å². The Balaban J connectivity index is 3.75. The molecule has 1 atom stereocenters. The lowest BCUT2D eigenvalue weighted by Crippen LogP contribution is -2.36. The summed E-state index contributed by atoms with van der Waals surface area (Å²) in [5, 5.41) is 9.30. The molecule has 0 aliphatic rings. The Labute approximate surface area is 83.9 Å². The fourth-order valence-corrected chi connectivity index (χ4v) is 0.876. The van der Waals surface area contributed by atoms with Crippen molar-refractivity contribution in [3.8, 4) is 0 Å². The number of aliphatic hydroxyl groups is 1. The van der Waals surface area contributed by atoms with Gasteiger partial charge in [-0.1, -0.05) is 12.7 Å². The third-order valence-corrected chi connectivity index (χ3v) is 1.48. The normalized spacial score (nSPS) is 11.9. The maximum absolute atomic E-state index is 11.1. The summed E-state index contributed by atoms with van der Waals surface area (Å²) >= 11 is 0. The van der Waals surface area contributed by atoms with E-state index in [0.717, 1.165) is 0 Å². The van der Waals surface area contributed by atoms with Gasteiger partial charge >= 0.3 is 6.09 Å². The molecule has 1 unspecified atom stereocenters. The van der Waals surface area contributed by atoms with Gasteiger partial charge in [0.15, 0.2) is 0 Å². The Kier molecular flexibility index (Phi) is 6.78. The van der Waals surface area contributed by atoms with Crippen LogP contribution in [0, 0.1) is 0 Å². The zero-order valence-electron chi connectivity index (χ0n) is 8.60. The molecule has 1 amide bonds. The summed E-state index contributed by atoms with van der Waals surface area (Å²) in [4.78, 5) is 12.4. The van der Waals surface area contributed by atoms with Crippen LogP contribution in [0.15, 0.2) is 12.7 Å². The molecule has 0 heterocycles. The number of rotatable bonds is 6. The van der Waals surface area contributed by atoms with Crippen LogP contribution in [0.4, 0.5) is 4.79 Å². The number of ether oxygens (including phenoxy) is 2. The van der Waals surface area contributed by atoms with Crippen molar-refractivity contribution in [2.75, 3.05) is 33.9 Å². The second-order valence-electron chi connectivity index (χ2n) is 2.86. The Hall–Kier alpha value is -1.07. The number of aliphatic hydroxyl groups excluding tert-OH is 1. The molecule has 5 nitrogen and oxygen atoms in total. The van der Waals surface area contributed by atoms with Crippen molar-refractivity contribution in [1.29, 1.82) is 0 Å². The van der Waals surface area contributed by atoms with E-state index in [1.807, 2.05) is 0 Å². The van der Waals surface area contributed by atoms with Gasteiger partial charge in [0.1, 0.15) is 6.61 Å². The van der Waals surface area contributed by atoms with Crippen LogP contribution in [0.3, 0.4) is 0 Å². The van der Waals surface area contributed by atoms with Crippen LogP contribution in [0.25, 0.3) is 0 Å². The molecular formula is C9H17NO4. The van der Waals surface area contributed by atoms with Gasteiger partial charge in [0, 0.05) is 14.2 Å². The van der Waals surface area contributed by atoms with E-state index in [2.05, 4.69) is 6.58 Å². The lowest BCUT2D eigenvalue weighted by molar-refractivity contribution is 0.0390. The first-order valence-corrected chi connectivity index (χ1v) is 4.27. The average Bonchev–Trinajstić information content (AvgIpc) is 2.14. The van der Waals surface area contributed by atoms with E-state index < -0.39 is 12.2 Å². The minimum Gasteiger partial charge on any atom is -0.445 e. The first-order chi connectivity index (χ1) is 6.61. The SMILES string of the molecule is C=CCOC(=O)N(C)CC(O)COC. The number of hydrogen-bond acceptors (Lipinski definition) is 4. The second kappa shape index (κ2) is 7.34. The molecular weight excluding hydrogens is 186 g/mol. The summed E-state index contributed by atoms with van der Waals surface area (Å²) in [5.74, 6) is 0. The molecule has 0 aromatic rings. The van der Waals surface area contributed by atoms with Crippen molar-refractivity contribution in [1.82, 2.24) is 4.90 Å². The monoisotopic (exact) mass is 203 g/mol. The number of carbonyl (C=O) groups is 1. The summed E-state index contributed by atoms with van der Waals surface area (Å²) in [5.41, 5.74) is 0. The molecule has 0 saturated heterocycles.